The fraction of sp³-hybridized carbons (Fsp3) is 0.375. The van der Waals surface area contributed by atoms with Crippen molar-refractivity contribution in [2.45, 2.75) is 31.2 Å². The van der Waals surface area contributed by atoms with Crippen molar-refractivity contribution < 1.29 is 8.42 Å². The molecular formula is C16H20ClNO2S. The first kappa shape index (κ1) is 16.3. The highest BCUT2D eigenvalue weighted by atomic mass is 35.5. The van der Waals surface area contributed by atoms with Gasteiger partial charge in [0.1, 0.15) is 0 Å². The summed E-state index contributed by atoms with van der Waals surface area (Å²) >= 11 is 6.14. The Morgan fingerprint density at radius 1 is 1.10 bits per heavy atom. The largest absolute Gasteiger partial charge is 0.314 e. The normalized spacial score (nSPS) is 12.2. The summed E-state index contributed by atoms with van der Waals surface area (Å²) in [5.41, 5.74) is 0. The van der Waals surface area contributed by atoms with E-state index in [-0.39, 0.29) is 5.75 Å². The van der Waals surface area contributed by atoms with Gasteiger partial charge in [-0.25, -0.2) is 8.42 Å². The molecular weight excluding hydrogens is 306 g/mol. The van der Waals surface area contributed by atoms with Crippen LogP contribution in [0.2, 0.25) is 5.02 Å². The van der Waals surface area contributed by atoms with Crippen LogP contribution in [0.25, 0.3) is 10.8 Å². The van der Waals surface area contributed by atoms with Crippen LogP contribution in [0.15, 0.2) is 41.3 Å². The van der Waals surface area contributed by atoms with E-state index >= 15 is 0 Å². The molecule has 0 atom stereocenters. The van der Waals surface area contributed by atoms with E-state index in [1.165, 1.54) is 0 Å². The summed E-state index contributed by atoms with van der Waals surface area (Å²) in [6, 6.07) is 11.0. The predicted molar refractivity (Wildman–Crippen MR) is 88.8 cm³/mol. The molecule has 114 valence electrons. The SMILES string of the molecule is CC(C)NCCCS(=O)(=O)c1cccc2c(Cl)cccc12. The van der Waals surface area contributed by atoms with Gasteiger partial charge in [-0.15, -0.1) is 0 Å². The molecule has 0 aromatic heterocycles. The average molecular weight is 326 g/mol. The Bertz CT molecular complexity index is 726. The van der Waals surface area contributed by atoms with Gasteiger partial charge in [0.15, 0.2) is 9.84 Å². The summed E-state index contributed by atoms with van der Waals surface area (Å²) in [5.74, 6) is 0.137. The van der Waals surface area contributed by atoms with Crippen LogP contribution in [-0.2, 0) is 9.84 Å². The van der Waals surface area contributed by atoms with Crippen LogP contribution in [0.1, 0.15) is 20.3 Å². The van der Waals surface area contributed by atoms with E-state index in [9.17, 15) is 8.42 Å². The third-order valence-electron chi connectivity index (χ3n) is 3.31. The van der Waals surface area contributed by atoms with Crippen molar-refractivity contribution in [3.63, 3.8) is 0 Å². The second-order valence-electron chi connectivity index (χ2n) is 5.37. The van der Waals surface area contributed by atoms with Crippen LogP contribution < -0.4 is 5.32 Å². The number of sulfone groups is 1. The lowest BCUT2D eigenvalue weighted by atomic mass is 10.1. The van der Waals surface area contributed by atoms with E-state index in [4.69, 9.17) is 11.6 Å². The van der Waals surface area contributed by atoms with Crippen LogP contribution in [0.3, 0.4) is 0 Å². The van der Waals surface area contributed by atoms with Crippen molar-refractivity contribution >= 4 is 32.2 Å². The maximum Gasteiger partial charge on any atom is 0.179 e. The molecule has 2 rings (SSSR count). The Kier molecular flexibility index (Phi) is 5.25. The molecule has 0 aliphatic carbocycles. The van der Waals surface area contributed by atoms with Crippen molar-refractivity contribution in [1.82, 2.24) is 5.32 Å². The van der Waals surface area contributed by atoms with Crippen molar-refractivity contribution in [1.29, 1.82) is 0 Å². The van der Waals surface area contributed by atoms with Gasteiger partial charge in [0.05, 0.1) is 10.6 Å². The number of halogens is 1. The molecule has 3 nitrogen and oxygen atoms in total. The van der Waals surface area contributed by atoms with Crippen molar-refractivity contribution in [2.24, 2.45) is 0 Å². The summed E-state index contributed by atoms with van der Waals surface area (Å²) in [6.07, 6.45) is 0.595. The first-order valence-corrected chi connectivity index (χ1v) is 9.08. The summed E-state index contributed by atoms with van der Waals surface area (Å²) in [6.45, 7) is 4.78. The van der Waals surface area contributed by atoms with Gasteiger partial charge in [-0.2, -0.15) is 0 Å². The van der Waals surface area contributed by atoms with E-state index in [2.05, 4.69) is 5.32 Å². The quantitative estimate of drug-likeness (QED) is 0.824. The lowest BCUT2D eigenvalue weighted by molar-refractivity contribution is 0.569. The molecule has 0 saturated carbocycles. The molecule has 0 aliphatic heterocycles. The van der Waals surface area contributed by atoms with Crippen molar-refractivity contribution in [3.05, 3.63) is 41.4 Å². The molecule has 1 N–H and O–H groups in total. The van der Waals surface area contributed by atoms with Crippen LogP contribution in [-0.4, -0.2) is 26.8 Å². The minimum atomic E-state index is -3.30. The Balaban J connectivity index is 2.26. The van der Waals surface area contributed by atoms with Crippen LogP contribution in [0.4, 0.5) is 0 Å². The molecule has 0 fully saturated rings. The molecule has 0 radical (unpaired) electrons. The lowest BCUT2D eigenvalue weighted by Gasteiger charge is -2.10. The zero-order chi connectivity index (χ0) is 15.5. The summed E-state index contributed by atoms with van der Waals surface area (Å²) in [5, 5.41) is 5.28. The van der Waals surface area contributed by atoms with Gasteiger partial charge in [-0.3, -0.25) is 0 Å². The van der Waals surface area contributed by atoms with E-state index in [0.29, 0.717) is 34.3 Å². The summed E-state index contributed by atoms with van der Waals surface area (Å²) < 4.78 is 25.1. The van der Waals surface area contributed by atoms with Crippen LogP contribution in [0, 0.1) is 0 Å². The molecule has 0 spiro atoms. The highest BCUT2D eigenvalue weighted by Gasteiger charge is 2.17. The Labute approximate surface area is 131 Å². The highest BCUT2D eigenvalue weighted by molar-refractivity contribution is 7.91. The van der Waals surface area contributed by atoms with Gasteiger partial charge >= 0.3 is 0 Å². The maximum atomic E-state index is 12.5. The molecule has 5 heteroatoms. The predicted octanol–water partition coefficient (Wildman–Crippen LogP) is 3.66. The van der Waals surface area contributed by atoms with Gasteiger partial charge < -0.3 is 5.32 Å². The van der Waals surface area contributed by atoms with Crippen LogP contribution in [0.5, 0.6) is 0 Å². The van der Waals surface area contributed by atoms with E-state index in [0.717, 1.165) is 5.39 Å². The number of rotatable bonds is 6. The van der Waals surface area contributed by atoms with Crippen molar-refractivity contribution in [2.75, 3.05) is 12.3 Å². The number of benzene rings is 2. The Morgan fingerprint density at radius 2 is 1.76 bits per heavy atom. The molecule has 0 aliphatic rings. The minimum Gasteiger partial charge on any atom is -0.314 e. The average Bonchev–Trinajstić information content (AvgIpc) is 2.43. The molecule has 0 heterocycles. The molecule has 2 aromatic rings. The molecule has 0 bridgehead atoms. The fourth-order valence-electron chi connectivity index (χ4n) is 2.28. The molecule has 0 saturated heterocycles. The zero-order valence-electron chi connectivity index (χ0n) is 12.3. The Morgan fingerprint density at radius 3 is 2.48 bits per heavy atom. The number of nitrogens with one attached hydrogen (secondary N) is 1. The molecule has 2 aromatic carbocycles. The zero-order valence-corrected chi connectivity index (χ0v) is 13.8. The van der Waals surface area contributed by atoms with Crippen LogP contribution >= 0.6 is 11.6 Å². The summed E-state index contributed by atoms with van der Waals surface area (Å²) in [4.78, 5) is 0.368. The third-order valence-corrected chi connectivity index (χ3v) is 5.49. The number of hydrogen-bond donors (Lipinski definition) is 1. The second kappa shape index (κ2) is 6.77. The smallest absolute Gasteiger partial charge is 0.179 e. The van der Waals surface area contributed by atoms with E-state index in [1.807, 2.05) is 19.9 Å². The van der Waals surface area contributed by atoms with Gasteiger partial charge in [0.2, 0.25) is 0 Å². The molecule has 0 unspecified atom stereocenters. The third kappa shape index (κ3) is 3.96. The lowest BCUT2D eigenvalue weighted by Crippen LogP contribution is -2.25. The fourth-order valence-corrected chi connectivity index (χ4v) is 4.06. The van der Waals surface area contributed by atoms with E-state index < -0.39 is 9.84 Å². The van der Waals surface area contributed by atoms with E-state index in [1.54, 1.807) is 30.3 Å². The highest BCUT2D eigenvalue weighted by Crippen LogP contribution is 2.29. The summed E-state index contributed by atoms with van der Waals surface area (Å²) in [7, 11) is -3.30. The van der Waals surface area contributed by atoms with Gasteiger partial charge in [-0.1, -0.05) is 49.7 Å². The maximum absolute atomic E-state index is 12.5. The second-order valence-corrected chi connectivity index (χ2v) is 7.86. The number of fused-ring (bicyclic) bond motifs is 1. The standard InChI is InChI=1S/C16H20ClNO2S/c1-12(2)18-10-5-11-21(19,20)16-9-4-6-13-14(16)7-3-8-15(13)17/h3-4,6-9,12,18H,5,10-11H2,1-2H3. The Hall–Kier alpha value is -1.10. The van der Waals surface area contributed by atoms with Gasteiger partial charge in [-0.05, 0) is 25.1 Å². The number of hydrogen-bond acceptors (Lipinski definition) is 3. The topological polar surface area (TPSA) is 46.2 Å². The minimum absolute atomic E-state index is 0.137. The van der Waals surface area contributed by atoms with Gasteiger partial charge in [0, 0.05) is 21.8 Å². The first-order valence-electron chi connectivity index (χ1n) is 7.05. The monoisotopic (exact) mass is 325 g/mol. The molecule has 0 amide bonds. The van der Waals surface area contributed by atoms with Crippen molar-refractivity contribution in [3.8, 4) is 0 Å². The molecule has 21 heavy (non-hydrogen) atoms. The first-order chi connectivity index (χ1) is 9.92. The van der Waals surface area contributed by atoms with Gasteiger partial charge in [0.25, 0.3) is 0 Å².